The highest BCUT2D eigenvalue weighted by molar-refractivity contribution is 7.92. The smallest absolute Gasteiger partial charge is 0.262 e. The molecule has 0 bridgehead atoms. The molecule has 0 aliphatic rings. The number of benzene rings is 2. The molecule has 0 radical (unpaired) electrons. The third-order valence-corrected chi connectivity index (χ3v) is 6.41. The van der Waals surface area contributed by atoms with Crippen molar-refractivity contribution in [1.82, 2.24) is 0 Å². The maximum absolute atomic E-state index is 13.0. The number of halogens is 1. The van der Waals surface area contributed by atoms with Crippen LogP contribution in [-0.4, -0.2) is 14.2 Å². The summed E-state index contributed by atoms with van der Waals surface area (Å²) >= 11 is 6.27. The maximum atomic E-state index is 13.0. The van der Waals surface area contributed by atoms with Crippen LogP contribution in [-0.2, 0) is 10.0 Å². The van der Waals surface area contributed by atoms with Crippen molar-refractivity contribution in [2.45, 2.75) is 39.5 Å². The number of ketones is 1. The molecule has 0 atom stereocenters. The lowest BCUT2D eigenvalue weighted by atomic mass is 10.1. The molecule has 1 aromatic heterocycles. The van der Waals surface area contributed by atoms with Gasteiger partial charge in [-0.1, -0.05) is 29.3 Å². The molecule has 0 amide bonds. The Kier molecular flexibility index (Phi) is 4.82. The number of rotatable bonds is 4. The van der Waals surface area contributed by atoms with Crippen molar-refractivity contribution in [2.24, 2.45) is 0 Å². The molecule has 0 aliphatic carbocycles. The minimum absolute atomic E-state index is 0.160. The number of Topliss-reactive ketones (excluding diaryl/α,β-unsaturated/α-hetero) is 1. The minimum Gasteiger partial charge on any atom is -0.461 e. The first kappa shape index (κ1) is 19.5. The molecule has 0 aliphatic heterocycles. The van der Waals surface area contributed by atoms with Crippen molar-refractivity contribution >= 4 is 44.1 Å². The average Bonchev–Trinajstić information content (AvgIpc) is 2.80. The lowest BCUT2D eigenvalue weighted by Crippen LogP contribution is -2.16. The third kappa shape index (κ3) is 3.47. The largest absolute Gasteiger partial charge is 0.461 e. The lowest BCUT2D eigenvalue weighted by Gasteiger charge is -2.15. The number of sulfonamides is 1. The summed E-state index contributed by atoms with van der Waals surface area (Å²) in [7, 11) is -3.86. The fourth-order valence-corrected chi connectivity index (χ4v) is 5.33. The molecule has 142 valence electrons. The van der Waals surface area contributed by atoms with E-state index in [9.17, 15) is 13.2 Å². The van der Waals surface area contributed by atoms with E-state index in [1.807, 2.05) is 19.1 Å². The second-order valence-electron chi connectivity index (χ2n) is 6.75. The number of carbonyl (C=O) groups is 1. The van der Waals surface area contributed by atoms with Gasteiger partial charge in [0.2, 0.25) is 0 Å². The zero-order valence-electron chi connectivity index (χ0n) is 15.7. The van der Waals surface area contributed by atoms with E-state index in [-0.39, 0.29) is 21.4 Å². The number of hydrogen-bond acceptors (Lipinski definition) is 4. The standard InChI is InChI=1S/C20H20ClNO4S/c1-10-6-11(2)20(12(3)7-10)27(24,25)22-17-8-15-18(9-16(17)21)26-14(5)19(15)13(4)23/h6-9,22H,1-5H3. The maximum Gasteiger partial charge on any atom is 0.262 e. The van der Waals surface area contributed by atoms with Crippen LogP contribution in [0.2, 0.25) is 5.02 Å². The van der Waals surface area contributed by atoms with Crippen molar-refractivity contribution in [3.63, 3.8) is 0 Å². The Hall–Kier alpha value is -2.31. The second kappa shape index (κ2) is 6.69. The van der Waals surface area contributed by atoms with Crippen LogP contribution in [0.3, 0.4) is 0 Å². The number of carbonyl (C=O) groups excluding carboxylic acids is 1. The molecule has 3 aromatic rings. The molecule has 5 nitrogen and oxygen atoms in total. The van der Waals surface area contributed by atoms with Crippen molar-refractivity contribution in [3.8, 4) is 0 Å². The molecule has 0 spiro atoms. The van der Waals surface area contributed by atoms with Gasteiger partial charge in [0.15, 0.2) is 5.78 Å². The van der Waals surface area contributed by atoms with Gasteiger partial charge in [-0.25, -0.2) is 8.42 Å². The van der Waals surface area contributed by atoms with Crippen molar-refractivity contribution in [3.05, 3.63) is 57.3 Å². The summed E-state index contributed by atoms with van der Waals surface area (Å²) in [6.45, 7) is 8.56. The Morgan fingerprint density at radius 2 is 1.63 bits per heavy atom. The predicted molar refractivity (Wildman–Crippen MR) is 107 cm³/mol. The van der Waals surface area contributed by atoms with Gasteiger partial charge >= 0.3 is 0 Å². The van der Waals surface area contributed by atoms with E-state index < -0.39 is 10.0 Å². The van der Waals surface area contributed by atoms with Crippen LogP contribution in [0.25, 0.3) is 11.0 Å². The number of aryl methyl sites for hydroxylation is 4. The number of furan rings is 1. The number of fused-ring (bicyclic) bond motifs is 1. The van der Waals surface area contributed by atoms with E-state index in [0.29, 0.717) is 33.4 Å². The van der Waals surface area contributed by atoms with Gasteiger partial charge in [-0.15, -0.1) is 0 Å². The Labute approximate surface area is 163 Å². The van der Waals surface area contributed by atoms with E-state index in [2.05, 4.69) is 4.72 Å². The van der Waals surface area contributed by atoms with Gasteiger partial charge in [0.25, 0.3) is 10.0 Å². The van der Waals surface area contributed by atoms with E-state index in [1.165, 1.54) is 13.0 Å². The van der Waals surface area contributed by atoms with Crippen LogP contribution in [0, 0.1) is 27.7 Å². The highest BCUT2D eigenvalue weighted by atomic mass is 35.5. The SMILES string of the molecule is CC(=O)c1c(C)oc2cc(Cl)c(NS(=O)(=O)c3c(C)cc(C)cc3C)cc12. The van der Waals surface area contributed by atoms with Crippen LogP contribution >= 0.6 is 11.6 Å². The molecule has 0 unspecified atom stereocenters. The van der Waals surface area contributed by atoms with Gasteiger partial charge in [-0.05, 0) is 51.8 Å². The average molecular weight is 406 g/mol. The minimum atomic E-state index is -3.86. The summed E-state index contributed by atoms with van der Waals surface area (Å²) in [5, 5.41) is 0.719. The van der Waals surface area contributed by atoms with Gasteiger partial charge in [0, 0.05) is 11.5 Å². The zero-order chi connectivity index (χ0) is 20.1. The van der Waals surface area contributed by atoms with Crippen LogP contribution in [0.15, 0.2) is 33.6 Å². The van der Waals surface area contributed by atoms with Gasteiger partial charge in [-0.2, -0.15) is 0 Å². The van der Waals surface area contributed by atoms with E-state index in [1.54, 1.807) is 26.8 Å². The molecule has 1 N–H and O–H groups in total. The molecule has 2 aromatic carbocycles. The Bertz CT molecular complexity index is 1170. The van der Waals surface area contributed by atoms with Crippen LogP contribution in [0.4, 0.5) is 5.69 Å². The van der Waals surface area contributed by atoms with Crippen LogP contribution in [0.1, 0.15) is 39.7 Å². The summed E-state index contributed by atoms with van der Waals surface area (Å²) in [6.07, 6.45) is 0. The third-order valence-electron chi connectivity index (χ3n) is 4.42. The lowest BCUT2D eigenvalue weighted by molar-refractivity contribution is 0.101. The summed E-state index contributed by atoms with van der Waals surface area (Å²) in [5.41, 5.74) is 3.36. The Morgan fingerprint density at radius 1 is 1.04 bits per heavy atom. The Balaban J connectivity index is 2.15. The van der Waals surface area contributed by atoms with E-state index in [0.717, 1.165) is 5.56 Å². The van der Waals surface area contributed by atoms with E-state index in [4.69, 9.17) is 16.0 Å². The number of nitrogens with one attached hydrogen (secondary N) is 1. The molecule has 0 saturated carbocycles. The molecule has 27 heavy (non-hydrogen) atoms. The summed E-state index contributed by atoms with van der Waals surface area (Å²) in [4.78, 5) is 12.2. The van der Waals surface area contributed by atoms with Crippen molar-refractivity contribution < 1.29 is 17.6 Å². The van der Waals surface area contributed by atoms with Crippen molar-refractivity contribution in [1.29, 1.82) is 0 Å². The molecule has 0 saturated heterocycles. The molecule has 0 fully saturated rings. The predicted octanol–water partition coefficient (Wildman–Crippen LogP) is 5.32. The summed E-state index contributed by atoms with van der Waals surface area (Å²) < 4.78 is 34.2. The molecule has 3 rings (SSSR count). The molecule has 7 heteroatoms. The zero-order valence-corrected chi connectivity index (χ0v) is 17.3. The fraction of sp³-hybridized carbons (Fsp3) is 0.250. The van der Waals surface area contributed by atoms with Gasteiger partial charge in [0.05, 0.1) is 21.2 Å². The van der Waals surface area contributed by atoms with Crippen molar-refractivity contribution in [2.75, 3.05) is 4.72 Å². The fourth-order valence-electron chi connectivity index (χ4n) is 3.54. The highest BCUT2D eigenvalue weighted by Gasteiger charge is 2.23. The highest BCUT2D eigenvalue weighted by Crippen LogP contribution is 2.35. The first-order valence-electron chi connectivity index (χ1n) is 8.35. The quantitative estimate of drug-likeness (QED) is 0.595. The van der Waals surface area contributed by atoms with Gasteiger partial charge < -0.3 is 4.42 Å². The summed E-state index contributed by atoms with van der Waals surface area (Å²) in [6, 6.07) is 6.70. The van der Waals surface area contributed by atoms with E-state index >= 15 is 0 Å². The number of anilines is 1. The Morgan fingerprint density at radius 3 is 2.19 bits per heavy atom. The summed E-state index contributed by atoms with van der Waals surface area (Å²) in [5.74, 6) is 0.311. The van der Waals surface area contributed by atoms with Crippen LogP contribution in [0.5, 0.6) is 0 Å². The van der Waals surface area contributed by atoms with Gasteiger partial charge in [-0.3, -0.25) is 9.52 Å². The van der Waals surface area contributed by atoms with Gasteiger partial charge in [0.1, 0.15) is 11.3 Å². The topological polar surface area (TPSA) is 76.4 Å². The first-order chi connectivity index (χ1) is 12.5. The molecule has 1 heterocycles. The second-order valence-corrected chi connectivity index (χ2v) is 8.78. The monoisotopic (exact) mass is 405 g/mol. The van der Waals surface area contributed by atoms with Crippen LogP contribution < -0.4 is 4.72 Å². The normalized spacial score (nSPS) is 11.8. The first-order valence-corrected chi connectivity index (χ1v) is 10.2. The molecular formula is C20H20ClNO4S. The molecular weight excluding hydrogens is 386 g/mol. The number of hydrogen-bond donors (Lipinski definition) is 1.